The predicted octanol–water partition coefficient (Wildman–Crippen LogP) is 2.40. The van der Waals surface area contributed by atoms with Gasteiger partial charge in [0.1, 0.15) is 11.7 Å². The Morgan fingerprint density at radius 3 is 2.61 bits per heavy atom. The molecule has 2 rings (SSSR count). The maximum atomic E-state index is 11.6. The molecule has 1 spiro atoms. The molecule has 0 N–H and O–H groups in total. The molecular weight excluding hydrogens is 236 g/mol. The largest absolute Gasteiger partial charge is 0.509 e. The second kappa shape index (κ2) is 4.90. The van der Waals surface area contributed by atoms with E-state index in [1.165, 1.54) is 0 Å². The molecule has 1 aliphatic heterocycles. The summed E-state index contributed by atoms with van der Waals surface area (Å²) < 4.78 is 21.5. The summed E-state index contributed by atoms with van der Waals surface area (Å²) in [5.41, 5.74) is -0.548. The summed E-state index contributed by atoms with van der Waals surface area (Å²) in [6, 6.07) is 0. The van der Waals surface area contributed by atoms with Gasteiger partial charge in [-0.25, -0.2) is 4.79 Å². The molecule has 1 atom stereocenters. The summed E-state index contributed by atoms with van der Waals surface area (Å²) in [6.07, 6.45) is 3.97. The highest BCUT2D eigenvalue weighted by Crippen LogP contribution is 2.33. The van der Waals surface area contributed by atoms with Crippen LogP contribution in [0.4, 0.5) is 4.79 Å². The lowest BCUT2D eigenvalue weighted by molar-refractivity contribution is -0.176. The van der Waals surface area contributed by atoms with E-state index in [-0.39, 0.29) is 6.10 Å². The van der Waals surface area contributed by atoms with E-state index in [1.54, 1.807) is 20.8 Å². The summed E-state index contributed by atoms with van der Waals surface area (Å²) >= 11 is 0. The molecule has 18 heavy (non-hydrogen) atoms. The summed E-state index contributed by atoms with van der Waals surface area (Å²) in [4.78, 5) is 11.6. The lowest BCUT2D eigenvalue weighted by Crippen LogP contribution is -2.38. The Bertz CT molecular complexity index is 336. The highest BCUT2D eigenvalue weighted by Gasteiger charge is 2.41. The molecule has 1 unspecified atom stereocenters. The molecule has 0 aromatic carbocycles. The third-order valence-electron chi connectivity index (χ3n) is 2.74. The van der Waals surface area contributed by atoms with Gasteiger partial charge in [0.2, 0.25) is 0 Å². The van der Waals surface area contributed by atoms with Crippen molar-refractivity contribution in [3.05, 3.63) is 12.2 Å². The van der Waals surface area contributed by atoms with Crippen molar-refractivity contribution >= 4 is 6.16 Å². The molecule has 0 radical (unpaired) electrons. The van der Waals surface area contributed by atoms with E-state index in [0.717, 1.165) is 0 Å². The Morgan fingerprint density at radius 2 is 2.00 bits per heavy atom. The van der Waals surface area contributed by atoms with Gasteiger partial charge in [-0.2, -0.15) is 0 Å². The molecular formula is C13H20O5. The standard InChI is InChI=1S/C13H20O5/c1-12(2,3)18-11(14)17-10-5-4-6-13(9-10)15-7-8-16-13/h4-5,10H,6-9H2,1-3H3. The second-order valence-corrected chi connectivity index (χ2v) is 5.56. The van der Waals surface area contributed by atoms with Crippen LogP contribution < -0.4 is 0 Å². The molecule has 5 heteroatoms. The van der Waals surface area contributed by atoms with Gasteiger partial charge in [-0.1, -0.05) is 6.08 Å². The Kier molecular flexibility index (Phi) is 3.64. The zero-order valence-corrected chi connectivity index (χ0v) is 11.1. The van der Waals surface area contributed by atoms with Crippen LogP contribution in [0.25, 0.3) is 0 Å². The molecule has 1 fully saturated rings. The zero-order valence-electron chi connectivity index (χ0n) is 11.1. The van der Waals surface area contributed by atoms with Gasteiger partial charge in [0.05, 0.1) is 13.2 Å². The monoisotopic (exact) mass is 256 g/mol. The van der Waals surface area contributed by atoms with E-state index >= 15 is 0 Å². The average molecular weight is 256 g/mol. The molecule has 0 bridgehead atoms. The first kappa shape index (κ1) is 13.4. The first-order chi connectivity index (χ1) is 8.39. The van der Waals surface area contributed by atoms with E-state index in [9.17, 15) is 4.79 Å². The van der Waals surface area contributed by atoms with Crippen LogP contribution in [0.2, 0.25) is 0 Å². The van der Waals surface area contributed by atoms with Crippen molar-refractivity contribution in [2.45, 2.75) is 51.1 Å². The van der Waals surface area contributed by atoms with Gasteiger partial charge in [-0.15, -0.1) is 0 Å². The van der Waals surface area contributed by atoms with Gasteiger partial charge >= 0.3 is 6.16 Å². The third kappa shape index (κ3) is 3.46. The first-order valence-corrected chi connectivity index (χ1v) is 6.23. The highest BCUT2D eigenvalue weighted by atomic mass is 16.8. The average Bonchev–Trinajstić information content (AvgIpc) is 2.63. The summed E-state index contributed by atoms with van der Waals surface area (Å²) in [5, 5.41) is 0. The summed E-state index contributed by atoms with van der Waals surface area (Å²) in [7, 11) is 0. The van der Waals surface area contributed by atoms with Crippen molar-refractivity contribution in [1.29, 1.82) is 0 Å². The molecule has 0 amide bonds. The Balaban J connectivity index is 1.88. The van der Waals surface area contributed by atoms with Crippen LogP contribution in [0.5, 0.6) is 0 Å². The molecule has 0 saturated carbocycles. The van der Waals surface area contributed by atoms with E-state index < -0.39 is 17.5 Å². The van der Waals surface area contributed by atoms with Crippen LogP contribution >= 0.6 is 0 Å². The van der Waals surface area contributed by atoms with E-state index in [1.807, 2.05) is 12.2 Å². The topological polar surface area (TPSA) is 54.0 Å². The van der Waals surface area contributed by atoms with E-state index in [0.29, 0.717) is 26.1 Å². The molecule has 5 nitrogen and oxygen atoms in total. The van der Waals surface area contributed by atoms with Crippen LogP contribution in [-0.2, 0) is 18.9 Å². The van der Waals surface area contributed by atoms with Crippen LogP contribution in [0, 0.1) is 0 Å². The Morgan fingerprint density at radius 1 is 1.33 bits per heavy atom. The normalized spacial score (nSPS) is 26.3. The second-order valence-electron chi connectivity index (χ2n) is 5.56. The number of carbonyl (C=O) groups excluding carboxylic acids is 1. The van der Waals surface area contributed by atoms with Gasteiger partial charge in [-0.3, -0.25) is 0 Å². The maximum absolute atomic E-state index is 11.6. The lowest BCUT2D eigenvalue weighted by Gasteiger charge is -2.32. The SMILES string of the molecule is CC(C)(C)OC(=O)OC1C=CCC2(C1)OCCO2. The van der Waals surface area contributed by atoms with Gasteiger partial charge in [0.15, 0.2) is 5.79 Å². The van der Waals surface area contributed by atoms with Crippen molar-refractivity contribution in [1.82, 2.24) is 0 Å². The van der Waals surface area contributed by atoms with Crippen LogP contribution in [0.15, 0.2) is 12.2 Å². The summed E-state index contributed by atoms with van der Waals surface area (Å²) in [5.74, 6) is -0.610. The van der Waals surface area contributed by atoms with Crippen molar-refractivity contribution in [2.24, 2.45) is 0 Å². The maximum Gasteiger partial charge on any atom is 0.509 e. The number of rotatable bonds is 1. The van der Waals surface area contributed by atoms with Crippen LogP contribution in [-0.4, -0.2) is 36.9 Å². The van der Waals surface area contributed by atoms with Gasteiger partial charge < -0.3 is 18.9 Å². The predicted molar refractivity (Wildman–Crippen MR) is 64.1 cm³/mol. The molecule has 0 aromatic heterocycles. The fourth-order valence-corrected chi connectivity index (χ4v) is 2.07. The quantitative estimate of drug-likeness (QED) is 0.532. The molecule has 1 heterocycles. The Labute approximate surface area is 107 Å². The van der Waals surface area contributed by atoms with E-state index in [4.69, 9.17) is 18.9 Å². The molecule has 2 aliphatic rings. The van der Waals surface area contributed by atoms with Crippen molar-refractivity contribution in [3.8, 4) is 0 Å². The van der Waals surface area contributed by atoms with Crippen molar-refractivity contribution in [2.75, 3.05) is 13.2 Å². The van der Waals surface area contributed by atoms with Crippen LogP contribution in [0.3, 0.4) is 0 Å². The number of hydrogen-bond acceptors (Lipinski definition) is 5. The van der Waals surface area contributed by atoms with Gasteiger partial charge in [0.25, 0.3) is 0 Å². The summed E-state index contributed by atoms with van der Waals surface area (Å²) in [6.45, 7) is 6.58. The minimum Gasteiger partial charge on any atom is -0.429 e. The molecule has 0 aromatic rings. The minimum absolute atomic E-state index is 0.355. The first-order valence-electron chi connectivity index (χ1n) is 6.23. The minimum atomic E-state index is -0.660. The fourth-order valence-electron chi connectivity index (χ4n) is 2.07. The number of hydrogen-bond donors (Lipinski definition) is 0. The smallest absolute Gasteiger partial charge is 0.429 e. The van der Waals surface area contributed by atoms with Gasteiger partial charge in [-0.05, 0) is 26.8 Å². The van der Waals surface area contributed by atoms with Crippen LogP contribution in [0.1, 0.15) is 33.6 Å². The van der Waals surface area contributed by atoms with Crippen molar-refractivity contribution < 1.29 is 23.7 Å². The number of ether oxygens (including phenoxy) is 4. The number of carbonyl (C=O) groups is 1. The molecule has 102 valence electrons. The van der Waals surface area contributed by atoms with Crippen molar-refractivity contribution in [3.63, 3.8) is 0 Å². The fraction of sp³-hybridized carbons (Fsp3) is 0.769. The molecule has 1 saturated heterocycles. The van der Waals surface area contributed by atoms with E-state index in [2.05, 4.69) is 0 Å². The third-order valence-corrected chi connectivity index (χ3v) is 2.74. The molecule has 1 aliphatic carbocycles. The Hall–Kier alpha value is -1.07. The van der Waals surface area contributed by atoms with Gasteiger partial charge in [0, 0.05) is 12.8 Å². The zero-order chi connectivity index (χ0) is 13.2. The highest BCUT2D eigenvalue weighted by molar-refractivity contribution is 5.61. The lowest BCUT2D eigenvalue weighted by atomic mass is 9.98.